The van der Waals surface area contributed by atoms with E-state index in [-0.39, 0.29) is 0 Å². The number of rotatable bonds is 0. The Bertz CT molecular complexity index is 330. The SMILES string of the molecule is C1=N/C=C\C=Nc2ncncc21. The van der Waals surface area contributed by atoms with Crippen molar-refractivity contribution in [2.24, 2.45) is 9.98 Å². The summed E-state index contributed by atoms with van der Waals surface area (Å²) in [5.41, 5.74) is 0.832. The molecule has 2 rings (SSSR count). The second-order valence-corrected chi connectivity index (χ2v) is 2.20. The van der Waals surface area contributed by atoms with Crippen molar-refractivity contribution < 1.29 is 0 Å². The summed E-state index contributed by atoms with van der Waals surface area (Å²) < 4.78 is 0. The Balaban J connectivity index is 2.54. The molecule has 0 radical (unpaired) electrons. The number of aromatic nitrogens is 2. The summed E-state index contributed by atoms with van der Waals surface area (Å²) in [6, 6.07) is 0. The summed E-state index contributed by atoms with van der Waals surface area (Å²) in [5, 5.41) is 0. The smallest absolute Gasteiger partial charge is 0.164 e. The number of allylic oxidation sites excluding steroid dienone is 1. The van der Waals surface area contributed by atoms with Crippen molar-refractivity contribution >= 4 is 18.2 Å². The van der Waals surface area contributed by atoms with Crippen LogP contribution in [0.25, 0.3) is 0 Å². The maximum absolute atomic E-state index is 4.09. The first kappa shape index (κ1) is 6.84. The summed E-state index contributed by atoms with van der Waals surface area (Å²) in [4.78, 5) is 15.9. The highest BCUT2D eigenvalue weighted by molar-refractivity contribution is 5.88. The lowest BCUT2D eigenvalue weighted by Gasteiger charge is -1.96. The van der Waals surface area contributed by atoms with Crippen LogP contribution in [0.15, 0.2) is 34.8 Å². The fourth-order valence-electron chi connectivity index (χ4n) is 0.858. The van der Waals surface area contributed by atoms with E-state index in [9.17, 15) is 0 Å². The van der Waals surface area contributed by atoms with Crippen molar-refractivity contribution in [1.82, 2.24) is 9.97 Å². The topological polar surface area (TPSA) is 50.5 Å². The van der Waals surface area contributed by atoms with E-state index in [1.807, 2.05) is 0 Å². The number of fused-ring (bicyclic) bond motifs is 1. The molecule has 1 aromatic rings. The average molecular weight is 158 g/mol. The molecular formula is C8H6N4. The molecule has 0 N–H and O–H groups in total. The molecule has 0 fully saturated rings. The number of nitrogens with zero attached hydrogens (tertiary/aromatic N) is 4. The van der Waals surface area contributed by atoms with Gasteiger partial charge in [0.15, 0.2) is 5.82 Å². The van der Waals surface area contributed by atoms with Crippen molar-refractivity contribution in [3.8, 4) is 0 Å². The average Bonchev–Trinajstić information content (AvgIpc) is 2.06. The summed E-state index contributed by atoms with van der Waals surface area (Å²) in [6.45, 7) is 0. The standard InChI is InChI=1S/C8H6N4/c1-2-9-4-7-5-10-6-12-8(7)11-3-1/h1-6H/b2-1-,3-1?,7-4?,9-2?,9-4?,11-3?,11-8?. The van der Waals surface area contributed by atoms with Gasteiger partial charge in [-0.3, -0.25) is 4.99 Å². The van der Waals surface area contributed by atoms with Crippen LogP contribution in [0, 0.1) is 0 Å². The van der Waals surface area contributed by atoms with Gasteiger partial charge in [0, 0.05) is 24.8 Å². The van der Waals surface area contributed by atoms with Gasteiger partial charge in [-0.05, 0) is 6.08 Å². The maximum atomic E-state index is 4.09. The fraction of sp³-hybridized carbons (Fsp3) is 0. The second kappa shape index (κ2) is 3.04. The van der Waals surface area contributed by atoms with E-state index in [4.69, 9.17) is 0 Å². The van der Waals surface area contributed by atoms with Crippen LogP contribution in [-0.2, 0) is 0 Å². The van der Waals surface area contributed by atoms with Gasteiger partial charge in [0.25, 0.3) is 0 Å². The zero-order valence-electron chi connectivity index (χ0n) is 6.25. The van der Waals surface area contributed by atoms with Crippen LogP contribution in [0.4, 0.5) is 5.82 Å². The molecule has 0 spiro atoms. The molecule has 0 aliphatic carbocycles. The molecule has 2 heterocycles. The molecule has 0 saturated heterocycles. The highest BCUT2D eigenvalue weighted by Gasteiger charge is 1.98. The fourth-order valence-corrected chi connectivity index (χ4v) is 0.858. The molecule has 4 nitrogen and oxygen atoms in total. The summed E-state index contributed by atoms with van der Waals surface area (Å²) in [5.74, 6) is 0.651. The number of hydrogen-bond acceptors (Lipinski definition) is 4. The first-order valence-electron chi connectivity index (χ1n) is 3.49. The maximum Gasteiger partial charge on any atom is 0.164 e. The quantitative estimate of drug-likeness (QED) is 0.568. The third-order valence-electron chi connectivity index (χ3n) is 1.39. The van der Waals surface area contributed by atoms with Crippen molar-refractivity contribution in [3.63, 3.8) is 0 Å². The van der Waals surface area contributed by atoms with Gasteiger partial charge >= 0.3 is 0 Å². The number of aliphatic imine (C=N–C) groups is 2. The van der Waals surface area contributed by atoms with Crippen molar-refractivity contribution in [1.29, 1.82) is 0 Å². The highest BCUT2D eigenvalue weighted by atomic mass is 14.9. The molecule has 0 saturated carbocycles. The van der Waals surface area contributed by atoms with Crippen LogP contribution < -0.4 is 0 Å². The first-order valence-corrected chi connectivity index (χ1v) is 3.49. The molecule has 1 aliphatic rings. The highest BCUT2D eigenvalue weighted by Crippen LogP contribution is 2.11. The molecule has 0 unspecified atom stereocenters. The molecule has 12 heavy (non-hydrogen) atoms. The van der Waals surface area contributed by atoms with E-state index in [0.717, 1.165) is 5.56 Å². The molecule has 1 aromatic heterocycles. The largest absolute Gasteiger partial charge is 0.264 e. The lowest BCUT2D eigenvalue weighted by molar-refractivity contribution is 1.14. The lowest BCUT2D eigenvalue weighted by atomic mass is 10.3. The third kappa shape index (κ3) is 1.27. The van der Waals surface area contributed by atoms with Crippen LogP contribution in [-0.4, -0.2) is 22.4 Å². The molecular weight excluding hydrogens is 152 g/mol. The van der Waals surface area contributed by atoms with E-state index in [0.29, 0.717) is 5.82 Å². The van der Waals surface area contributed by atoms with Gasteiger partial charge in [0.2, 0.25) is 0 Å². The Morgan fingerprint density at radius 1 is 1.25 bits per heavy atom. The molecule has 4 heteroatoms. The zero-order chi connectivity index (χ0) is 8.23. The van der Waals surface area contributed by atoms with Gasteiger partial charge in [0.05, 0.1) is 5.56 Å². The van der Waals surface area contributed by atoms with Crippen LogP contribution >= 0.6 is 0 Å². The molecule has 0 atom stereocenters. The van der Waals surface area contributed by atoms with E-state index in [1.54, 1.807) is 30.9 Å². The monoisotopic (exact) mass is 158 g/mol. The minimum absolute atomic E-state index is 0.651. The van der Waals surface area contributed by atoms with Gasteiger partial charge in [-0.15, -0.1) is 0 Å². The zero-order valence-corrected chi connectivity index (χ0v) is 6.25. The van der Waals surface area contributed by atoms with Gasteiger partial charge in [-0.1, -0.05) is 0 Å². The van der Waals surface area contributed by atoms with E-state index in [2.05, 4.69) is 20.0 Å². The van der Waals surface area contributed by atoms with Crippen LogP contribution in [0.2, 0.25) is 0 Å². The van der Waals surface area contributed by atoms with E-state index < -0.39 is 0 Å². The lowest BCUT2D eigenvalue weighted by Crippen LogP contribution is -1.88. The first-order chi connectivity index (χ1) is 5.97. The van der Waals surface area contributed by atoms with Crippen molar-refractivity contribution in [3.05, 3.63) is 30.4 Å². The van der Waals surface area contributed by atoms with Gasteiger partial charge in [0.1, 0.15) is 6.33 Å². The Morgan fingerprint density at radius 3 is 3.25 bits per heavy atom. The molecule has 58 valence electrons. The second-order valence-electron chi connectivity index (χ2n) is 2.20. The predicted molar refractivity (Wildman–Crippen MR) is 46.9 cm³/mol. The van der Waals surface area contributed by atoms with Gasteiger partial charge < -0.3 is 0 Å². The van der Waals surface area contributed by atoms with Crippen LogP contribution in [0.1, 0.15) is 5.56 Å². The van der Waals surface area contributed by atoms with Gasteiger partial charge in [-0.25, -0.2) is 15.0 Å². The third-order valence-corrected chi connectivity index (χ3v) is 1.39. The normalized spacial score (nSPS) is 16.3. The van der Waals surface area contributed by atoms with E-state index in [1.165, 1.54) is 6.33 Å². The minimum atomic E-state index is 0.651. The van der Waals surface area contributed by atoms with Crippen LogP contribution in [0.3, 0.4) is 0 Å². The Labute approximate surface area is 69.4 Å². The Morgan fingerprint density at radius 2 is 2.25 bits per heavy atom. The minimum Gasteiger partial charge on any atom is -0.264 e. The predicted octanol–water partition coefficient (Wildman–Crippen LogP) is 1.13. The van der Waals surface area contributed by atoms with Crippen LogP contribution in [0.5, 0.6) is 0 Å². The summed E-state index contributed by atoms with van der Waals surface area (Å²) in [6.07, 6.45) is 9.91. The Hall–Kier alpha value is -1.84. The van der Waals surface area contributed by atoms with Gasteiger partial charge in [-0.2, -0.15) is 0 Å². The summed E-state index contributed by atoms with van der Waals surface area (Å²) in [7, 11) is 0. The Kier molecular flexibility index (Phi) is 1.74. The van der Waals surface area contributed by atoms with E-state index >= 15 is 0 Å². The molecule has 1 aliphatic heterocycles. The van der Waals surface area contributed by atoms with Crippen molar-refractivity contribution in [2.45, 2.75) is 0 Å². The summed E-state index contributed by atoms with van der Waals surface area (Å²) >= 11 is 0. The molecule has 0 amide bonds. The molecule has 0 aromatic carbocycles. The number of hydrogen-bond donors (Lipinski definition) is 0. The molecule has 0 bridgehead atoms. The van der Waals surface area contributed by atoms with Crippen molar-refractivity contribution in [2.75, 3.05) is 0 Å².